The first-order valence-electron chi connectivity index (χ1n) is 3.10. The van der Waals surface area contributed by atoms with Gasteiger partial charge < -0.3 is 0 Å². The van der Waals surface area contributed by atoms with Crippen LogP contribution < -0.4 is 0 Å². The van der Waals surface area contributed by atoms with Crippen molar-refractivity contribution >= 4 is 0 Å². The third kappa shape index (κ3) is 1.000. The molecule has 0 amide bonds. The maximum absolute atomic E-state index is 7.13. The molecule has 1 rings (SSSR count). The standard InChI is InChI=1S/C6H7N/c1-6-4-2-3-5-7-6/h2-5H,1H3/i2D,3D. The van der Waals surface area contributed by atoms with E-state index in [-0.39, 0.29) is 12.1 Å². The first-order chi connectivity index (χ1) is 4.20. The van der Waals surface area contributed by atoms with Gasteiger partial charge in [-0.15, -0.1) is 0 Å². The maximum atomic E-state index is 7.13. The van der Waals surface area contributed by atoms with Crippen LogP contribution in [0.5, 0.6) is 0 Å². The van der Waals surface area contributed by atoms with Crippen LogP contribution in [0.3, 0.4) is 0 Å². The van der Waals surface area contributed by atoms with E-state index in [0.717, 1.165) is 5.69 Å². The Hall–Kier alpha value is -0.850. The van der Waals surface area contributed by atoms with Gasteiger partial charge in [-0.2, -0.15) is 0 Å². The molecule has 0 spiro atoms. The average Bonchev–Trinajstić information content (AvgIpc) is 1.80. The van der Waals surface area contributed by atoms with Gasteiger partial charge in [0.25, 0.3) is 0 Å². The van der Waals surface area contributed by atoms with Gasteiger partial charge in [0.05, 0.1) is 2.74 Å². The van der Waals surface area contributed by atoms with E-state index in [1.54, 1.807) is 13.0 Å². The van der Waals surface area contributed by atoms with Crippen molar-refractivity contribution < 1.29 is 2.74 Å². The highest BCUT2D eigenvalue weighted by Gasteiger charge is 1.73. The highest BCUT2D eigenvalue weighted by molar-refractivity contribution is 4.99. The zero-order chi connectivity index (χ0) is 6.85. The van der Waals surface area contributed by atoms with Gasteiger partial charge in [0.1, 0.15) is 0 Å². The summed E-state index contributed by atoms with van der Waals surface area (Å²) < 4.78 is 14.2. The lowest BCUT2D eigenvalue weighted by molar-refractivity contribution is 1.20. The summed E-state index contributed by atoms with van der Waals surface area (Å²) in [4.78, 5) is 3.83. The zero-order valence-electron chi connectivity index (χ0n) is 6.10. The highest BCUT2D eigenvalue weighted by atomic mass is 14.6. The number of aryl methyl sites for hydroxylation is 1. The molecule has 0 aliphatic carbocycles. The van der Waals surface area contributed by atoms with Crippen molar-refractivity contribution in [3.05, 3.63) is 30.0 Å². The second-order valence-electron chi connectivity index (χ2n) is 1.33. The van der Waals surface area contributed by atoms with Gasteiger partial charge in [-0.1, -0.05) is 6.04 Å². The Labute approximate surface area is 45.8 Å². The molecule has 0 atom stereocenters. The number of rotatable bonds is 0. The van der Waals surface area contributed by atoms with E-state index in [1.165, 1.54) is 6.20 Å². The van der Waals surface area contributed by atoms with Crippen molar-refractivity contribution in [2.24, 2.45) is 0 Å². The molecule has 7 heavy (non-hydrogen) atoms. The molecule has 0 aliphatic rings. The molecular weight excluding hydrogens is 86.1 g/mol. The van der Waals surface area contributed by atoms with E-state index in [2.05, 4.69) is 4.98 Å². The Morgan fingerprint density at radius 3 is 3.14 bits per heavy atom. The molecule has 0 saturated heterocycles. The van der Waals surface area contributed by atoms with Crippen molar-refractivity contribution in [1.82, 2.24) is 4.98 Å². The van der Waals surface area contributed by atoms with E-state index < -0.39 is 0 Å². The SMILES string of the molecule is [2H]c1cnc(C)cc1[2H]. The summed E-state index contributed by atoms with van der Waals surface area (Å²) in [5.74, 6) is 0. The topological polar surface area (TPSA) is 12.9 Å². The molecular formula is C6H7N. The normalized spacial score (nSPS) is 12.7. The predicted molar refractivity (Wildman–Crippen MR) is 29.0 cm³/mol. The molecule has 0 bridgehead atoms. The Morgan fingerprint density at radius 2 is 2.57 bits per heavy atom. The summed E-state index contributed by atoms with van der Waals surface area (Å²) >= 11 is 0. The lowest BCUT2D eigenvalue weighted by Crippen LogP contribution is -1.72. The molecule has 0 fully saturated rings. The molecule has 1 aromatic rings. The molecule has 0 N–H and O–H groups in total. The summed E-state index contributed by atoms with van der Waals surface area (Å²) in [5.41, 5.74) is 0.788. The first-order valence-corrected chi connectivity index (χ1v) is 2.10. The van der Waals surface area contributed by atoms with Crippen LogP contribution in [0.2, 0.25) is 0 Å². The minimum absolute atomic E-state index is 0.181. The molecule has 0 aliphatic heterocycles. The molecule has 0 aromatic carbocycles. The van der Waals surface area contributed by atoms with Crippen LogP contribution >= 0.6 is 0 Å². The molecule has 0 radical (unpaired) electrons. The number of hydrogen-bond acceptors (Lipinski definition) is 1. The molecule has 1 nitrogen and oxygen atoms in total. The summed E-state index contributed by atoms with van der Waals surface area (Å²) in [5, 5.41) is 0. The van der Waals surface area contributed by atoms with Crippen molar-refractivity contribution in [3.8, 4) is 0 Å². The van der Waals surface area contributed by atoms with Crippen molar-refractivity contribution in [2.45, 2.75) is 6.92 Å². The van der Waals surface area contributed by atoms with E-state index in [0.29, 0.717) is 0 Å². The third-order valence-electron chi connectivity index (χ3n) is 0.697. The van der Waals surface area contributed by atoms with Crippen molar-refractivity contribution in [3.63, 3.8) is 0 Å². The summed E-state index contributed by atoms with van der Waals surface area (Å²) in [6.45, 7) is 1.80. The minimum Gasteiger partial charge on any atom is -0.262 e. The summed E-state index contributed by atoms with van der Waals surface area (Å²) in [7, 11) is 0. The van der Waals surface area contributed by atoms with Gasteiger partial charge in [-0.25, -0.2) is 0 Å². The number of hydrogen-bond donors (Lipinski definition) is 0. The number of aromatic nitrogens is 1. The van der Waals surface area contributed by atoms with E-state index >= 15 is 0 Å². The molecule has 1 heterocycles. The Bertz CT molecular complexity index is 222. The average molecular weight is 95.1 g/mol. The van der Waals surface area contributed by atoms with E-state index in [4.69, 9.17) is 2.74 Å². The van der Waals surface area contributed by atoms with E-state index in [1.807, 2.05) is 0 Å². The molecule has 1 heteroatoms. The van der Waals surface area contributed by atoms with Crippen LogP contribution in [-0.2, 0) is 0 Å². The van der Waals surface area contributed by atoms with Gasteiger partial charge in [0, 0.05) is 11.9 Å². The smallest absolute Gasteiger partial charge is 0.0639 e. The quantitative estimate of drug-likeness (QED) is 0.474. The fourth-order valence-corrected chi connectivity index (χ4v) is 0.355. The Kier molecular flexibility index (Phi) is 0.609. The van der Waals surface area contributed by atoms with E-state index in [9.17, 15) is 0 Å². The maximum Gasteiger partial charge on any atom is 0.0639 e. The van der Waals surface area contributed by atoms with Gasteiger partial charge in [-0.05, 0) is 19.0 Å². The van der Waals surface area contributed by atoms with Crippen molar-refractivity contribution in [1.29, 1.82) is 0 Å². The monoisotopic (exact) mass is 95.1 g/mol. The number of nitrogens with zero attached hydrogens (tertiary/aromatic N) is 1. The first kappa shape index (κ1) is 2.46. The minimum atomic E-state index is 0.181. The van der Waals surface area contributed by atoms with Crippen LogP contribution in [0.15, 0.2) is 24.3 Å². The van der Waals surface area contributed by atoms with Crippen LogP contribution in [0, 0.1) is 6.92 Å². The third-order valence-corrected chi connectivity index (χ3v) is 0.697. The second kappa shape index (κ2) is 1.73. The fourth-order valence-electron chi connectivity index (χ4n) is 0.355. The molecule has 1 aromatic heterocycles. The van der Waals surface area contributed by atoms with Crippen LogP contribution in [0.25, 0.3) is 0 Å². The largest absolute Gasteiger partial charge is 0.262 e. The molecule has 0 unspecified atom stereocenters. The number of pyridine rings is 1. The molecule has 36 valence electrons. The molecule has 0 saturated carbocycles. The van der Waals surface area contributed by atoms with Gasteiger partial charge in [0.15, 0.2) is 0 Å². The van der Waals surface area contributed by atoms with Gasteiger partial charge >= 0.3 is 0 Å². The Morgan fingerprint density at radius 1 is 1.71 bits per heavy atom. The predicted octanol–water partition coefficient (Wildman–Crippen LogP) is 1.39. The lowest BCUT2D eigenvalue weighted by Gasteiger charge is -1.82. The Balaban J connectivity index is 3.17. The lowest BCUT2D eigenvalue weighted by atomic mass is 10.4. The fraction of sp³-hybridized carbons (Fsp3) is 0.167. The highest BCUT2D eigenvalue weighted by Crippen LogP contribution is 1.85. The van der Waals surface area contributed by atoms with Gasteiger partial charge in [-0.3, -0.25) is 4.98 Å². The van der Waals surface area contributed by atoms with Gasteiger partial charge in [0.2, 0.25) is 0 Å². The van der Waals surface area contributed by atoms with Crippen molar-refractivity contribution in [2.75, 3.05) is 0 Å². The zero-order valence-corrected chi connectivity index (χ0v) is 4.10. The van der Waals surface area contributed by atoms with Crippen LogP contribution in [0.4, 0.5) is 0 Å². The van der Waals surface area contributed by atoms with Crippen LogP contribution in [-0.4, -0.2) is 4.98 Å². The second-order valence-corrected chi connectivity index (χ2v) is 1.33. The summed E-state index contributed by atoms with van der Waals surface area (Å²) in [6, 6.07) is 1.99. The summed E-state index contributed by atoms with van der Waals surface area (Å²) in [6.07, 6.45) is 1.39. The van der Waals surface area contributed by atoms with Crippen LogP contribution in [0.1, 0.15) is 8.44 Å².